The lowest BCUT2D eigenvalue weighted by molar-refractivity contribution is 0.591. The van der Waals surface area contributed by atoms with E-state index >= 15 is 0 Å². The second-order valence-electron chi connectivity index (χ2n) is 3.17. The minimum atomic E-state index is 0.294. The zero-order valence-electron chi connectivity index (χ0n) is 7.72. The Bertz CT molecular complexity index is 248. The normalized spacial score (nSPS) is 13.2. The van der Waals surface area contributed by atoms with Crippen molar-refractivity contribution in [3.8, 4) is 0 Å². The van der Waals surface area contributed by atoms with E-state index in [1.54, 1.807) is 11.3 Å². The SMILES string of the molecule is CC(N)CCNCc1cc(Br)cs1. The van der Waals surface area contributed by atoms with Crippen molar-refractivity contribution in [3.05, 3.63) is 20.8 Å². The van der Waals surface area contributed by atoms with Crippen LogP contribution in [0.25, 0.3) is 0 Å². The highest BCUT2D eigenvalue weighted by Crippen LogP contribution is 2.19. The lowest BCUT2D eigenvalue weighted by Gasteiger charge is -2.05. The summed E-state index contributed by atoms with van der Waals surface area (Å²) in [7, 11) is 0. The van der Waals surface area contributed by atoms with Crippen LogP contribution in [0.15, 0.2) is 15.9 Å². The van der Waals surface area contributed by atoms with Crippen molar-refractivity contribution in [2.75, 3.05) is 6.54 Å². The van der Waals surface area contributed by atoms with Crippen LogP contribution in [0.5, 0.6) is 0 Å². The Kier molecular flexibility index (Phi) is 4.94. The largest absolute Gasteiger partial charge is 0.328 e. The Hall–Kier alpha value is 0.1000. The molecule has 0 aliphatic carbocycles. The predicted octanol–water partition coefficient (Wildman–Crippen LogP) is 2.34. The van der Waals surface area contributed by atoms with Crippen LogP contribution < -0.4 is 11.1 Å². The first-order valence-corrected chi connectivity index (χ1v) is 6.05. The molecule has 0 fully saturated rings. The summed E-state index contributed by atoms with van der Waals surface area (Å²) in [5, 5.41) is 5.46. The van der Waals surface area contributed by atoms with Gasteiger partial charge in [0.1, 0.15) is 0 Å². The van der Waals surface area contributed by atoms with E-state index in [0.717, 1.165) is 19.5 Å². The van der Waals surface area contributed by atoms with Crippen LogP contribution in [0.4, 0.5) is 0 Å². The van der Waals surface area contributed by atoms with Crippen molar-refractivity contribution >= 4 is 27.3 Å². The molecule has 13 heavy (non-hydrogen) atoms. The highest BCUT2D eigenvalue weighted by atomic mass is 79.9. The van der Waals surface area contributed by atoms with Crippen molar-refractivity contribution in [2.45, 2.75) is 25.9 Å². The summed E-state index contributed by atoms with van der Waals surface area (Å²) in [5.74, 6) is 0. The van der Waals surface area contributed by atoms with E-state index in [1.165, 1.54) is 9.35 Å². The van der Waals surface area contributed by atoms with Crippen molar-refractivity contribution in [3.63, 3.8) is 0 Å². The lowest BCUT2D eigenvalue weighted by atomic mass is 10.2. The second-order valence-corrected chi connectivity index (χ2v) is 5.09. The number of nitrogens with one attached hydrogen (secondary N) is 1. The molecular formula is C9H15BrN2S. The van der Waals surface area contributed by atoms with Gasteiger partial charge in [0.2, 0.25) is 0 Å². The van der Waals surface area contributed by atoms with Crippen LogP contribution in [0.3, 0.4) is 0 Å². The van der Waals surface area contributed by atoms with Gasteiger partial charge in [0.15, 0.2) is 0 Å². The van der Waals surface area contributed by atoms with E-state index in [9.17, 15) is 0 Å². The molecule has 2 nitrogen and oxygen atoms in total. The van der Waals surface area contributed by atoms with Gasteiger partial charge in [0.05, 0.1) is 0 Å². The molecule has 4 heteroatoms. The number of thiophene rings is 1. The Balaban J connectivity index is 2.13. The third kappa shape index (κ3) is 4.76. The van der Waals surface area contributed by atoms with Gasteiger partial charge in [-0.2, -0.15) is 0 Å². The molecule has 74 valence electrons. The summed E-state index contributed by atoms with van der Waals surface area (Å²) in [6.45, 7) is 3.97. The maximum Gasteiger partial charge on any atom is 0.0300 e. The van der Waals surface area contributed by atoms with E-state index in [1.807, 2.05) is 6.92 Å². The Morgan fingerprint density at radius 3 is 3.00 bits per heavy atom. The smallest absolute Gasteiger partial charge is 0.0300 e. The Morgan fingerprint density at radius 2 is 2.46 bits per heavy atom. The Morgan fingerprint density at radius 1 is 1.69 bits per heavy atom. The van der Waals surface area contributed by atoms with E-state index in [0.29, 0.717) is 6.04 Å². The minimum absolute atomic E-state index is 0.294. The molecule has 0 aromatic carbocycles. The maximum atomic E-state index is 5.63. The van der Waals surface area contributed by atoms with Gasteiger partial charge in [-0.05, 0) is 41.9 Å². The quantitative estimate of drug-likeness (QED) is 0.800. The molecule has 1 rings (SSSR count). The fourth-order valence-corrected chi connectivity index (χ4v) is 2.41. The van der Waals surface area contributed by atoms with Crippen molar-refractivity contribution in [1.29, 1.82) is 0 Å². The number of nitrogens with two attached hydrogens (primary N) is 1. The minimum Gasteiger partial charge on any atom is -0.328 e. The first-order chi connectivity index (χ1) is 6.18. The van der Waals surface area contributed by atoms with Gasteiger partial charge in [0, 0.05) is 27.3 Å². The zero-order chi connectivity index (χ0) is 9.68. The van der Waals surface area contributed by atoms with E-state index in [-0.39, 0.29) is 0 Å². The molecule has 1 aromatic heterocycles. The summed E-state index contributed by atoms with van der Waals surface area (Å²) < 4.78 is 1.17. The third-order valence-electron chi connectivity index (χ3n) is 1.70. The lowest BCUT2D eigenvalue weighted by Crippen LogP contribution is -2.23. The molecule has 0 saturated carbocycles. The molecule has 1 unspecified atom stereocenters. The van der Waals surface area contributed by atoms with Crippen LogP contribution in [0.1, 0.15) is 18.2 Å². The fraction of sp³-hybridized carbons (Fsp3) is 0.556. The first kappa shape index (κ1) is 11.2. The summed E-state index contributed by atoms with van der Waals surface area (Å²) in [6.07, 6.45) is 1.03. The van der Waals surface area contributed by atoms with Gasteiger partial charge in [-0.1, -0.05) is 0 Å². The topological polar surface area (TPSA) is 38.0 Å². The van der Waals surface area contributed by atoms with Gasteiger partial charge < -0.3 is 11.1 Å². The van der Waals surface area contributed by atoms with Gasteiger partial charge >= 0.3 is 0 Å². The summed E-state index contributed by atoms with van der Waals surface area (Å²) in [4.78, 5) is 1.36. The zero-order valence-corrected chi connectivity index (χ0v) is 10.1. The highest BCUT2D eigenvalue weighted by molar-refractivity contribution is 9.10. The van der Waals surface area contributed by atoms with E-state index in [4.69, 9.17) is 5.73 Å². The molecule has 1 atom stereocenters. The molecule has 0 aliphatic rings. The van der Waals surface area contributed by atoms with Crippen LogP contribution >= 0.6 is 27.3 Å². The molecule has 0 spiro atoms. The number of hydrogen-bond donors (Lipinski definition) is 2. The van der Waals surface area contributed by atoms with E-state index in [2.05, 4.69) is 32.7 Å². The standard InChI is InChI=1S/C9H15BrN2S/c1-7(11)2-3-12-5-9-4-8(10)6-13-9/h4,6-7,12H,2-3,5,11H2,1H3. The summed E-state index contributed by atoms with van der Waals surface area (Å²) >= 11 is 5.19. The van der Waals surface area contributed by atoms with Crippen LogP contribution in [-0.2, 0) is 6.54 Å². The van der Waals surface area contributed by atoms with E-state index < -0.39 is 0 Å². The molecular weight excluding hydrogens is 248 g/mol. The van der Waals surface area contributed by atoms with Crippen molar-refractivity contribution in [1.82, 2.24) is 5.32 Å². The van der Waals surface area contributed by atoms with Crippen LogP contribution in [0, 0.1) is 0 Å². The average Bonchev–Trinajstić information content (AvgIpc) is 2.45. The van der Waals surface area contributed by atoms with Crippen molar-refractivity contribution < 1.29 is 0 Å². The van der Waals surface area contributed by atoms with Gasteiger partial charge in [-0.25, -0.2) is 0 Å². The number of halogens is 1. The predicted molar refractivity (Wildman–Crippen MR) is 62.0 cm³/mol. The molecule has 0 amide bonds. The van der Waals surface area contributed by atoms with Gasteiger partial charge in [-0.15, -0.1) is 11.3 Å². The summed E-state index contributed by atoms with van der Waals surface area (Å²) in [5.41, 5.74) is 5.63. The number of hydrogen-bond acceptors (Lipinski definition) is 3. The molecule has 1 heterocycles. The van der Waals surface area contributed by atoms with Crippen LogP contribution in [-0.4, -0.2) is 12.6 Å². The summed E-state index contributed by atoms with van der Waals surface area (Å²) in [6, 6.07) is 2.44. The van der Waals surface area contributed by atoms with Gasteiger partial charge in [-0.3, -0.25) is 0 Å². The molecule has 3 N–H and O–H groups in total. The van der Waals surface area contributed by atoms with Crippen LogP contribution in [0.2, 0.25) is 0 Å². The molecule has 0 saturated heterocycles. The molecule has 0 radical (unpaired) electrons. The Labute approximate surface area is 91.7 Å². The second kappa shape index (κ2) is 5.75. The molecule has 0 aliphatic heterocycles. The molecule has 1 aromatic rings. The number of rotatable bonds is 5. The molecule has 0 bridgehead atoms. The average molecular weight is 263 g/mol. The highest BCUT2D eigenvalue weighted by Gasteiger charge is 1.97. The monoisotopic (exact) mass is 262 g/mol. The van der Waals surface area contributed by atoms with Crippen molar-refractivity contribution in [2.24, 2.45) is 5.73 Å². The third-order valence-corrected chi connectivity index (χ3v) is 3.40. The first-order valence-electron chi connectivity index (χ1n) is 4.37. The fourth-order valence-electron chi connectivity index (χ4n) is 0.988. The van der Waals surface area contributed by atoms with Gasteiger partial charge in [0.25, 0.3) is 0 Å². The maximum absolute atomic E-state index is 5.63.